The summed E-state index contributed by atoms with van der Waals surface area (Å²) in [5.41, 5.74) is 0.859. The van der Waals surface area contributed by atoms with Gasteiger partial charge in [0.1, 0.15) is 11.8 Å². The average Bonchev–Trinajstić information content (AvgIpc) is 2.33. The molecule has 0 spiro atoms. The minimum absolute atomic E-state index is 0.859. The van der Waals surface area contributed by atoms with Crippen LogP contribution < -0.4 is 0 Å². The molecule has 0 aliphatic heterocycles. The van der Waals surface area contributed by atoms with Gasteiger partial charge in [0.25, 0.3) is 0 Å². The van der Waals surface area contributed by atoms with Gasteiger partial charge in [-0.1, -0.05) is 11.2 Å². The van der Waals surface area contributed by atoms with E-state index in [1.807, 2.05) is 12.1 Å². The quantitative estimate of drug-likeness (QED) is 0.525. The summed E-state index contributed by atoms with van der Waals surface area (Å²) in [7, 11) is 0. The summed E-state index contributed by atoms with van der Waals surface area (Å²) in [5, 5.41) is 4.73. The SMILES string of the molecule is [c]1ccc2conc2c1. The largest absolute Gasteiger partial charge is 0.364 e. The van der Waals surface area contributed by atoms with Crippen molar-refractivity contribution in [1.82, 2.24) is 5.16 Å². The van der Waals surface area contributed by atoms with Gasteiger partial charge < -0.3 is 4.52 Å². The van der Waals surface area contributed by atoms with E-state index in [9.17, 15) is 0 Å². The second-order valence-electron chi connectivity index (χ2n) is 1.80. The van der Waals surface area contributed by atoms with Crippen LogP contribution in [0.15, 0.2) is 29.0 Å². The van der Waals surface area contributed by atoms with Crippen molar-refractivity contribution in [3.63, 3.8) is 0 Å². The van der Waals surface area contributed by atoms with Gasteiger partial charge in [-0.15, -0.1) is 0 Å². The van der Waals surface area contributed by atoms with Crippen LogP contribution in [0.5, 0.6) is 0 Å². The van der Waals surface area contributed by atoms with Crippen molar-refractivity contribution in [2.24, 2.45) is 0 Å². The molecule has 0 atom stereocenters. The zero-order chi connectivity index (χ0) is 6.10. The predicted molar refractivity (Wildman–Crippen MR) is 32.8 cm³/mol. The number of hydrogen-bond donors (Lipinski definition) is 0. The molecule has 0 bridgehead atoms. The van der Waals surface area contributed by atoms with E-state index in [2.05, 4.69) is 11.2 Å². The Morgan fingerprint density at radius 2 is 2.56 bits per heavy atom. The Morgan fingerprint density at radius 3 is 3.44 bits per heavy atom. The van der Waals surface area contributed by atoms with Gasteiger partial charge in [0, 0.05) is 5.39 Å². The maximum atomic E-state index is 4.69. The number of fused-ring (bicyclic) bond motifs is 1. The summed E-state index contributed by atoms with van der Waals surface area (Å²) in [6.07, 6.45) is 1.61. The number of aromatic nitrogens is 1. The van der Waals surface area contributed by atoms with Crippen molar-refractivity contribution < 1.29 is 4.52 Å². The normalized spacial score (nSPS) is 10.2. The summed E-state index contributed by atoms with van der Waals surface area (Å²) < 4.78 is 4.69. The van der Waals surface area contributed by atoms with Crippen LogP contribution in [0.4, 0.5) is 0 Å². The lowest BCUT2D eigenvalue weighted by atomic mass is 10.3. The summed E-state index contributed by atoms with van der Waals surface area (Å²) in [6.45, 7) is 0. The van der Waals surface area contributed by atoms with Crippen LogP contribution in [-0.2, 0) is 0 Å². The van der Waals surface area contributed by atoms with Crippen LogP contribution in [-0.4, -0.2) is 5.16 Å². The minimum Gasteiger partial charge on any atom is -0.364 e. The van der Waals surface area contributed by atoms with E-state index >= 15 is 0 Å². The van der Waals surface area contributed by atoms with E-state index in [1.54, 1.807) is 12.3 Å². The highest BCUT2D eigenvalue weighted by Gasteiger charge is 1.91. The lowest BCUT2D eigenvalue weighted by Gasteiger charge is -1.77. The lowest BCUT2D eigenvalue weighted by molar-refractivity contribution is 0.428. The molecular formula is C7H4NO. The Kier molecular flexibility index (Phi) is 0.803. The standard InChI is InChI=1S/C7H4NO/c1-2-4-7-6(3-1)5-9-8-7/h1,3-5H. The average molecular weight is 118 g/mol. The molecule has 2 heteroatoms. The van der Waals surface area contributed by atoms with Gasteiger partial charge in [-0.2, -0.15) is 0 Å². The Morgan fingerprint density at radius 1 is 1.56 bits per heavy atom. The van der Waals surface area contributed by atoms with Crippen molar-refractivity contribution in [2.75, 3.05) is 0 Å². The minimum atomic E-state index is 0.859. The monoisotopic (exact) mass is 118 g/mol. The zero-order valence-electron chi connectivity index (χ0n) is 4.66. The molecule has 2 nitrogen and oxygen atoms in total. The van der Waals surface area contributed by atoms with Gasteiger partial charge in [0.05, 0.1) is 0 Å². The molecule has 2 rings (SSSR count). The molecular weight excluding hydrogens is 114 g/mol. The smallest absolute Gasteiger partial charge is 0.131 e. The van der Waals surface area contributed by atoms with Crippen LogP contribution >= 0.6 is 0 Å². The second kappa shape index (κ2) is 1.58. The Bertz CT molecular complexity index is 283. The third kappa shape index (κ3) is 0.598. The molecule has 2 aromatic rings. The number of nitrogens with zero attached hydrogens (tertiary/aromatic N) is 1. The van der Waals surface area contributed by atoms with E-state index in [0.29, 0.717) is 0 Å². The Balaban J connectivity index is 2.95. The first-order valence-corrected chi connectivity index (χ1v) is 2.67. The Labute approximate surface area is 52.1 Å². The van der Waals surface area contributed by atoms with Gasteiger partial charge in [-0.3, -0.25) is 0 Å². The molecule has 1 aromatic carbocycles. The maximum Gasteiger partial charge on any atom is 0.131 e. The molecule has 0 unspecified atom stereocenters. The van der Waals surface area contributed by atoms with Crippen LogP contribution in [0.25, 0.3) is 10.9 Å². The fourth-order valence-electron chi connectivity index (χ4n) is 0.752. The highest BCUT2D eigenvalue weighted by Crippen LogP contribution is 2.08. The van der Waals surface area contributed by atoms with Crippen LogP contribution in [0.3, 0.4) is 0 Å². The van der Waals surface area contributed by atoms with Crippen molar-refractivity contribution in [3.05, 3.63) is 30.5 Å². The fraction of sp³-hybridized carbons (Fsp3) is 0. The third-order valence-electron chi connectivity index (χ3n) is 1.21. The number of hydrogen-bond acceptors (Lipinski definition) is 2. The molecule has 43 valence electrons. The molecule has 0 N–H and O–H groups in total. The zero-order valence-corrected chi connectivity index (χ0v) is 4.66. The molecule has 0 saturated carbocycles. The van der Waals surface area contributed by atoms with Gasteiger partial charge in [0.15, 0.2) is 0 Å². The van der Waals surface area contributed by atoms with Crippen molar-refractivity contribution >= 4 is 10.9 Å². The van der Waals surface area contributed by atoms with Crippen molar-refractivity contribution in [1.29, 1.82) is 0 Å². The molecule has 0 aliphatic rings. The topological polar surface area (TPSA) is 26.0 Å². The van der Waals surface area contributed by atoms with Crippen LogP contribution in [0, 0.1) is 6.07 Å². The molecule has 1 heterocycles. The molecule has 0 saturated heterocycles. The highest BCUT2D eigenvalue weighted by atomic mass is 16.5. The summed E-state index contributed by atoms with van der Waals surface area (Å²) in [5.74, 6) is 0. The summed E-state index contributed by atoms with van der Waals surface area (Å²) >= 11 is 0. The van der Waals surface area contributed by atoms with E-state index in [0.717, 1.165) is 10.9 Å². The highest BCUT2D eigenvalue weighted by molar-refractivity contribution is 5.76. The molecule has 1 aromatic heterocycles. The van der Waals surface area contributed by atoms with Gasteiger partial charge >= 0.3 is 0 Å². The molecule has 1 radical (unpaired) electrons. The second-order valence-corrected chi connectivity index (χ2v) is 1.80. The van der Waals surface area contributed by atoms with E-state index in [4.69, 9.17) is 4.52 Å². The van der Waals surface area contributed by atoms with Crippen molar-refractivity contribution in [2.45, 2.75) is 0 Å². The first-order valence-electron chi connectivity index (χ1n) is 2.67. The van der Waals surface area contributed by atoms with Crippen LogP contribution in [0.2, 0.25) is 0 Å². The molecule has 0 amide bonds. The fourth-order valence-corrected chi connectivity index (χ4v) is 0.752. The molecule has 9 heavy (non-hydrogen) atoms. The van der Waals surface area contributed by atoms with Gasteiger partial charge in [-0.05, 0) is 18.2 Å². The molecule has 0 aliphatic carbocycles. The first kappa shape index (κ1) is 4.56. The first-order chi connectivity index (χ1) is 4.47. The van der Waals surface area contributed by atoms with E-state index in [-0.39, 0.29) is 0 Å². The van der Waals surface area contributed by atoms with Crippen molar-refractivity contribution in [3.8, 4) is 0 Å². The van der Waals surface area contributed by atoms with E-state index in [1.165, 1.54) is 0 Å². The van der Waals surface area contributed by atoms with Gasteiger partial charge in [0.2, 0.25) is 0 Å². The van der Waals surface area contributed by atoms with Crippen LogP contribution in [0.1, 0.15) is 0 Å². The number of benzene rings is 1. The van der Waals surface area contributed by atoms with E-state index < -0.39 is 0 Å². The maximum absolute atomic E-state index is 4.69. The number of rotatable bonds is 0. The third-order valence-corrected chi connectivity index (χ3v) is 1.21. The Hall–Kier alpha value is -1.31. The lowest BCUT2D eigenvalue weighted by Crippen LogP contribution is -1.62. The van der Waals surface area contributed by atoms with Gasteiger partial charge in [-0.25, -0.2) is 0 Å². The summed E-state index contributed by atoms with van der Waals surface area (Å²) in [4.78, 5) is 0. The predicted octanol–water partition coefficient (Wildman–Crippen LogP) is 1.63. The summed E-state index contributed by atoms with van der Waals surface area (Å²) in [6, 6.07) is 8.43. The molecule has 0 fully saturated rings.